The fourth-order valence-electron chi connectivity index (χ4n) is 0.867. The molecule has 0 aliphatic rings. The van der Waals surface area contributed by atoms with Crippen molar-refractivity contribution in [3.8, 4) is 0 Å². The molecule has 0 spiro atoms. The van der Waals surface area contributed by atoms with Crippen LogP contribution >= 0.6 is 0 Å². The maximum absolute atomic E-state index is 5.37. The molecule has 4 heteroatoms. The second kappa shape index (κ2) is 3.13. The standard InChI is InChI=1S/C8H16N4/c1-8(2,3)4-5-12-6-10-7(9)11-12/h6H,4-5H2,1-3H3,(H2,9,11). The van der Waals surface area contributed by atoms with Crippen LogP contribution in [0, 0.1) is 5.41 Å². The molecule has 1 heterocycles. The minimum absolute atomic E-state index is 0.334. The first kappa shape index (κ1) is 9.03. The van der Waals surface area contributed by atoms with E-state index in [2.05, 4.69) is 30.9 Å². The van der Waals surface area contributed by atoms with Crippen LogP contribution in [0.5, 0.6) is 0 Å². The second-order valence-corrected chi connectivity index (χ2v) is 4.18. The molecule has 0 unspecified atom stereocenters. The van der Waals surface area contributed by atoms with Crippen molar-refractivity contribution < 1.29 is 0 Å². The monoisotopic (exact) mass is 168 g/mol. The molecule has 0 aromatic carbocycles. The lowest BCUT2D eigenvalue weighted by Gasteiger charge is -2.17. The first-order valence-electron chi connectivity index (χ1n) is 4.12. The average molecular weight is 168 g/mol. The van der Waals surface area contributed by atoms with Gasteiger partial charge < -0.3 is 5.73 Å². The van der Waals surface area contributed by atoms with Gasteiger partial charge in [0.15, 0.2) is 0 Å². The van der Waals surface area contributed by atoms with Crippen LogP contribution in [0.2, 0.25) is 0 Å². The SMILES string of the molecule is CC(C)(C)CCn1cnc(N)n1. The van der Waals surface area contributed by atoms with E-state index in [1.807, 2.05) is 0 Å². The van der Waals surface area contributed by atoms with Crippen LogP contribution < -0.4 is 5.73 Å². The summed E-state index contributed by atoms with van der Waals surface area (Å²) in [7, 11) is 0. The van der Waals surface area contributed by atoms with Crippen molar-refractivity contribution >= 4 is 5.95 Å². The smallest absolute Gasteiger partial charge is 0.239 e. The fourth-order valence-corrected chi connectivity index (χ4v) is 0.867. The number of aryl methyl sites for hydroxylation is 1. The molecule has 0 aliphatic heterocycles. The summed E-state index contributed by atoms with van der Waals surface area (Å²) in [6, 6.07) is 0. The highest BCUT2D eigenvalue weighted by molar-refractivity contribution is 5.09. The van der Waals surface area contributed by atoms with Gasteiger partial charge in [-0.3, -0.25) is 4.68 Å². The topological polar surface area (TPSA) is 56.7 Å². The summed E-state index contributed by atoms with van der Waals surface area (Å²) in [5, 5.41) is 4.00. The third kappa shape index (κ3) is 2.90. The number of rotatable bonds is 2. The number of aromatic nitrogens is 3. The quantitative estimate of drug-likeness (QED) is 0.724. The van der Waals surface area contributed by atoms with Crippen LogP contribution in [-0.2, 0) is 6.54 Å². The molecule has 2 N–H and O–H groups in total. The van der Waals surface area contributed by atoms with E-state index in [1.165, 1.54) is 0 Å². The number of nitrogens with two attached hydrogens (primary N) is 1. The molecule has 0 fully saturated rings. The van der Waals surface area contributed by atoms with Gasteiger partial charge in [-0.05, 0) is 11.8 Å². The van der Waals surface area contributed by atoms with Crippen LogP contribution in [-0.4, -0.2) is 14.8 Å². The Morgan fingerprint density at radius 1 is 1.50 bits per heavy atom. The predicted octanol–water partition coefficient (Wildman–Crippen LogP) is 1.30. The zero-order valence-corrected chi connectivity index (χ0v) is 7.91. The predicted molar refractivity (Wildman–Crippen MR) is 48.5 cm³/mol. The van der Waals surface area contributed by atoms with Crippen molar-refractivity contribution in [1.82, 2.24) is 14.8 Å². The second-order valence-electron chi connectivity index (χ2n) is 4.18. The minimum Gasteiger partial charge on any atom is -0.367 e. The van der Waals surface area contributed by atoms with E-state index in [0.717, 1.165) is 13.0 Å². The van der Waals surface area contributed by atoms with E-state index in [0.29, 0.717) is 11.4 Å². The van der Waals surface area contributed by atoms with Gasteiger partial charge in [0.25, 0.3) is 0 Å². The Balaban J connectivity index is 2.44. The van der Waals surface area contributed by atoms with Gasteiger partial charge in [0.1, 0.15) is 6.33 Å². The Hall–Kier alpha value is -1.06. The lowest BCUT2D eigenvalue weighted by Crippen LogP contribution is -2.10. The summed E-state index contributed by atoms with van der Waals surface area (Å²) in [6.07, 6.45) is 2.75. The highest BCUT2D eigenvalue weighted by Crippen LogP contribution is 2.18. The van der Waals surface area contributed by atoms with Crippen LogP contribution in [0.15, 0.2) is 6.33 Å². The van der Waals surface area contributed by atoms with Crippen molar-refractivity contribution in [1.29, 1.82) is 0 Å². The highest BCUT2D eigenvalue weighted by atomic mass is 15.3. The van der Waals surface area contributed by atoms with E-state index in [9.17, 15) is 0 Å². The first-order chi connectivity index (χ1) is 5.47. The van der Waals surface area contributed by atoms with Crippen molar-refractivity contribution in [2.24, 2.45) is 5.41 Å². The number of nitrogen functional groups attached to an aromatic ring is 1. The van der Waals surface area contributed by atoms with Crippen LogP contribution in [0.1, 0.15) is 27.2 Å². The fraction of sp³-hybridized carbons (Fsp3) is 0.750. The summed E-state index contributed by atoms with van der Waals surface area (Å²) in [5.41, 5.74) is 5.71. The third-order valence-corrected chi connectivity index (χ3v) is 1.65. The molecule has 0 aliphatic carbocycles. The van der Waals surface area contributed by atoms with Crippen LogP contribution in [0.3, 0.4) is 0 Å². The molecule has 1 aromatic heterocycles. The Morgan fingerprint density at radius 3 is 2.58 bits per heavy atom. The number of nitrogens with zero attached hydrogens (tertiary/aromatic N) is 3. The van der Waals surface area contributed by atoms with Crippen molar-refractivity contribution in [3.05, 3.63) is 6.33 Å². The zero-order valence-electron chi connectivity index (χ0n) is 7.91. The summed E-state index contributed by atoms with van der Waals surface area (Å²) >= 11 is 0. The lowest BCUT2D eigenvalue weighted by molar-refractivity contribution is 0.341. The molecule has 0 saturated heterocycles. The van der Waals surface area contributed by atoms with Gasteiger partial charge in [-0.1, -0.05) is 20.8 Å². The molecule has 12 heavy (non-hydrogen) atoms. The maximum atomic E-state index is 5.37. The molecule has 4 nitrogen and oxygen atoms in total. The largest absolute Gasteiger partial charge is 0.367 e. The molecular weight excluding hydrogens is 152 g/mol. The highest BCUT2D eigenvalue weighted by Gasteiger charge is 2.10. The Kier molecular flexibility index (Phi) is 2.35. The molecule has 1 aromatic rings. The molecule has 0 saturated carbocycles. The Bertz CT molecular complexity index is 246. The van der Waals surface area contributed by atoms with Crippen molar-refractivity contribution in [2.45, 2.75) is 33.7 Å². The Morgan fingerprint density at radius 2 is 2.17 bits per heavy atom. The summed E-state index contributed by atoms with van der Waals surface area (Å²) < 4.78 is 1.78. The minimum atomic E-state index is 0.334. The molecule has 0 radical (unpaired) electrons. The number of hydrogen-bond donors (Lipinski definition) is 1. The van der Waals surface area contributed by atoms with Crippen LogP contribution in [0.25, 0.3) is 0 Å². The van der Waals surface area contributed by atoms with Gasteiger partial charge in [0, 0.05) is 6.54 Å². The van der Waals surface area contributed by atoms with Gasteiger partial charge in [0.2, 0.25) is 5.95 Å². The molecule has 1 rings (SSSR count). The van der Waals surface area contributed by atoms with Crippen molar-refractivity contribution in [2.75, 3.05) is 5.73 Å². The van der Waals surface area contributed by atoms with Gasteiger partial charge in [0.05, 0.1) is 0 Å². The van der Waals surface area contributed by atoms with Crippen molar-refractivity contribution in [3.63, 3.8) is 0 Å². The van der Waals surface area contributed by atoms with E-state index < -0.39 is 0 Å². The van der Waals surface area contributed by atoms with Gasteiger partial charge >= 0.3 is 0 Å². The number of hydrogen-bond acceptors (Lipinski definition) is 3. The van der Waals surface area contributed by atoms with Crippen LogP contribution in [0.4, 0.5) is 5.95 Å². The van der Waals surface area contributed by atoms with Gasteiger partial charge in [-0.2, -0.15) is 0 Å². The molecule has 68 valence electrons. The summed E-state index contributed by atoms with van der Waals surface area (Å²) in [4.78, 5) is 3.85. The molecule has 0 amide bonds. The first-order valence-corrected chi connectivity index (χ1v) is 4.12. The molecule has 0 bridgehead atoms. The normalized spacial score (nSPS) is 11.9. The Labute approximate surface area is 72.8 Å². The number of anilines is 1. The summed E-state index contributed by atoms with van der Waals surface area (Å²) in [5.74, 6) is 0.351. The average Bonchev–Trinajstić information content (AvgIpc) is 2.30. The van der Waals surface area contributed by atoms with E-state index in [1.54, 1.807) is 11.0 Å². The maximum Gasteiger partial charge on any atom is 0.239 e. The van der Waals surface area contributed by atoms with Gasteiger partial charge in [-0.25, -0.2) is 4.98 Å². The third-order valence-electron chi connectivity index (χ3n) is 1.65. The molecule has 0 atom stereocenters. The van der Waals surface area contributed by atoms with E-state index in [-0.39, 0.29) is 0 Å². The molecular formula is C8H16N4. The van der Waals surface area contributed by atoms with E-state index >= 15 is 0 Å². The van der Waals surface area contributed by atoms with Gasteiger partial charge in [-0.15, -0.1) is 5.10 Å². The van der Waals surface area contributed by atoms with E-state index in [4.69, 9.17) is 5.73 Å². The zero-order chi connectivity index (χ0) is 9.19. The lowest BCUT2D eigenvalue weighted by atomic mass is 9.92. The summed E-state index contributed by atoms with van der Waals surface area (Å²) in [6.45, 7) is 7.49.